The predicted molar refractivity (Wildman–Crippen MR) is 86.7 cm³/mol. The van der Waals surface area contributed by atoms with Crippen molar-refractivity contribution in [1.29, 1.82) is 0 Å². The topological polar surface area (TPSA) is 15.7 Å². The van der Waals surface area contributed by atoms with Crippen LogP contribution >= 0.6 is 0 Å². The molecule has 3 rings (SSSR count). The van der Waals surface area contributed by atoms with E-state index < -0.39 is 0 Å². The van der Waals surface area contributed by atoms with Crippen molar-refractivity contribution in [3.8, 4) is 5.75 Å². The van der Waals surface area contributed by atoms with Gasteiger partial charge in [0, 0.05) is 19.1 Å². The molecule has 2 saturated heterocycles. The van der Waals surface area contributed by atoms with Crippen LogP contribution in [0.4, 0.5) is 0 Å². The molecule has 1 aromatic rings. The maximum absolute atomic E-state index is 5.52. The number of benzene rings is 1. The Morgan fingerprint density at radius 1 is 1.05 bits per heavy atom. The molecule has 1 unspecified atom stereocenters. The zero-order chi connectivity index (χ0) is 14.5. The molecule has 0 radical (unpaired) electrons. The Labute approximate surface area is 128 Å². The second kappa shape index (κ2) is 7.28. The molecule has 116 valence electrons. The lowest BCUT2D eigenvalue weighted by Crippen LogP contribution is -2.46. The molecule has 2 aliphatic rings. The molecule has 0 spiro atoms. The van der Waals surface area contributed by atoms with Crippen LogP contribution < -0.4 is 4.74 Å². The van der Waals surface area contributed by atoms with Gasteiger partial charge in [0.1, 0.15) is 5.75 Å². The lowest BCUT2D eigenvalue weighted by molar-refractivity contribution is 0.110. The molecule has 0 N–H and O–H groups in total. The van der Waals surface area contributed by atoms with Gasteiger partial charge in [0.05, 0.1) is 6.61 Å². The number of likely N-dealkylation sites (tertiary alicyclic amines) is 2. The standard InChI is InChI=1S/C18H28N2O/c1-2-21-18-9-7-16(8-10-18)14-19-11-5-6-17(15-19)20-12-3-4-13-20/h7-10,17H,2-6,11-15H2,1H3. The minimum Gasteiger partial charge on any atom is -0.494 e. The smallest absolute Gasteiger partial charge is 0.119 e. The molecule has 2 fully saturated rings. The summed E-state index contributed by atoms with van der Waals surface area (Å²) in [5, 5.41) is 0. The summed E-state index contributed by atoms with van der Waals surface area (Å²) < 4.78 is 5.52. The summed E-state index contributed by atoms with van der Waals surface area (Å²) in [5.74, 6) is 0.981. The van der Waals surface area contributed by atoms with Gasteiger partial charge in [-0.3, -0.25) is 9.80 Å². The summed E-state index contributed by atoms with van der Waals surface area (Å²) in [6, 6.07) is 9.42. The maximum Gasteiger partial charge on any atom is 0.119 e. The fraction of sp³-hybridized carbons (Fsp3) is 0.667. The molecule has 1 atom stereocenters. The highest BCUT2D eigenvalue weighted by Gasteiger charge is 2.26. The summed E-state index contributed by atoms with van der Waals surface area (Å²) in [4.78, 5) is 5.34. The Bertz CT molecular complexity index is 425. The molecule has 0 amide bonds. The summed E-state index contributed by atoms with van der Waals surface area (Å²) in [6.45, 7) is 8.98. The highest BCUT2D eigenvalue weighted by molar-refractivity contribution is 5.27. The van der Waals surface area contributed by atoms with Crippen LogP contribution in [0.2, 0.25) is 0 Å². The van der Waals surface area contributed by atoms with E-state index in [2.05, 4.69) is 34.1 Å². The third-order valence-corrected chi connectivity index (χ3v) is 4.78. The molecule has 3 heteroatoms. The number of nitrogens with zero attached hydrogens (tertiary/aromatic N) is 2. The average molecular weight is 288 g/mol. The van der Waals surface area contributed by atoms with Crippen molar-refractivity contribution in [2.24, 2.45) is 0 Å². The SMILES string of the molecule is CCOc1ccc(CN2CCCC(N3CCCC3)C2)cc1. The first kappa shape index (κ1) is 14.9. The van der Waals surface area contributed by atoms with Gasteiger partial charge in [0.25, 0.3) is 0 Å². The van der Waals surface area contributed by atoms with Gasteiger partial charge in [-0.15, -0.1) is 0 Å². The van der Waals surface area contributed by atoms with Crippen LogP contribution in [0.5, 0.6) is 5.75 Å². The van der Waals surface area contributed by atoms with Crippen LogP contribution in [0.1, 0.15) is 38.2 Å². The molecule has 2 heterocycles. The Morgan fingerprint density at radius 3 is 2.52 bits per heavy atom. The van der Waals surface area contributed by atoms with E-state index in [9.17, 15) is 0 Å². The minimum absolute atomic E-state index is 0.739. The Morgan fingerprint density at radius 2 is 1.81 bits per heavy atom. The van der Waals surface area contributed by atoms with Gasteiger partial charge in [-0.05, 0) is 69.9 Å². The Hall–Kier alpha value is -1.06. The third-order valence-electron chi connectivity index (χ3n) is 4.78. The molecule has 21 heavy (non-hydrogen) atoms. The van der Waals surface area contributed by atoms with Crippen LogP contribution in [0, 0.1) is 0 Å². The molecule has 3 nitrogen and oxygen atoms in total. The van der Waals surface area contributed by atoms with E-state index in [1.165, 1.54) is 57.4 Å². The number of rotatable bonds is 5. The molecule has 1 aromatic carbocycles. The van der Waals surface area contributed by atoms with Gasteiger partial charge in [0.2, 0.25) is 0 Å². The Balaban J connectivity index is 1.54. The molecule has 0 aromatic heterocycles. The zero-order valence-corrected chi connectivity index (χ0v) is 13.3. The van der Waals surface area contributed by atoms with Gasteiger partial charge in [-0.1, -0.05) is 12.1 Å². The first-order chi connectivity index (χ1) is 10.3. The first-order valence-corrected chi connectivity index (χ1v) is 8.53. The molecule has 0 bridgehead atoms. The summed E-state index contributed by atoms with van der Waals surface area (Å²) >= 11 is 0. The van der Waals surface area contributed by atoms with Crippen LogP contribution in [0.3, 0.4) is 0 Å². The van der Waals surface area contributed by atoms with Crippen LogP contribution in [0.15, 0.2) is 24.3 Å². The fourth-order valence-electron chi connectivity index (χ4n) is 3.70. The number of hydrogen-bond acceptors (Lipinski definition) is 3. The maximum atomic E-state index is 5.52. The van der Waals surface area contributed by atoms with Crippen molar-refractivity contribution in [3.05, 3.63) is 29.8 Å². The summed E-state index contributed by atoms with van der Waals surface area (Å²) in [5.41, 5.74) is 1.40. The highest BCUT2D eigenvalue weighted by Crippen LogP contribution is 2.22. The number of hydrogen-bond donors (Lipinski definition) is 0. The van der Waals surface area contributed by atoms with E-state index in [1.54, 1.807) is 0 Å². The van der Waals surface area contributed by atoms with Crippen molar-refractivity contribution >= 4 is 0 Å². The largest absolute Gasteiger partial charge is 0.494 e. The first-order valence-electron chi connectivity index (χ1n) is 8.53. The number of ether oxygens (including phenoxy) is 1. The van der Waals surface area contributed by atoms with Crippen molar-refractivity contribution < 1.29 is 4.74 Å². The van der Waals surface area contributed by atoms with E-state index in [0.29, 0.717) is 0 Å². The van der Waals surface area contributed by atoms with Crippen molar-refractivity contribution in [3.63, 3.8) is 0 Å². The lowest BCUT2D eigenvalue weighted by Gasteiger charge is -2.37. The van der Waals surface area contributed by atoms with Gasteiger partial charge in [0.15, 0.2) is 0 Å². The van der Waals surface area contributed by atoms with Gasteiger partial charge >= 0.3 is 0 Å². The fourth-order valence-corrected chi connectivity index (χ4v) is 3.70. The Kier molecular flexibility index (Phi) is 5.15. The lowest BCUT2D eigenvalue weighted by atomic mass is 10.0. The van der Waals surface area contributed by atoms with Gasteiger partial charge < -0.3 is 4.74 Å². The highest BCUT2D eigenvalue weighted by atomic mass is 16.5. The molecular formula is C18H28N2O. The molecule has 0 saturated carbocycles. The summed E-state index contributed by atoms with van der Waals surface area (Å²) in [6.07, 6.45) is 5.53. The predicted octanol–water partition coefficient (Wildman–Crippen LogP) is 3.15. The van der Waals surface area contributed by atoms with E-state index >= 15 is 0 Å². The van der Waals surface area contributed by atoms with Gasteiger partial charge in [-0.2, -0.15) is 0 Å². The normalized spacial score (nSPS) is 24.3. The molecular weight excluding hydrogens is 260 g/mol. The van der Waals surface area contributed by atoms with Crippen molar-refractivity contribution in [2.75, 3.05) is 32.8 Å². The van der Waals surface area contributed by atoms with Crippen molar-refractivity contribution in [1.82, 2.24) is 9.80 Å². The number of piperidine rings is 1. The second-order valence-corrected chi connectivity index (χ2v) is 6.35. The van der Waals surface area contributed by atoms with E-state index in [4.69, 9.17) is 4.74 Å². The summed E-state index contributed by atoms with van der Waals surface area (Å²) in [7, 11) is 0. The quantitative estimate of drug-likeness (QED) is 0.828. The average Bonchev–Trinajstić information content (AvgIpc) is 3.04. The monoisotopic (exact) mass is 288 g/mol. The van der Waals surface area contributed by atoms with E-state index in [1.807, 2.05) is 6.92 Å². The van der Waals surface area contributed by atoms with Crippen LogP contribution in [-0.4, -0.2) is 48.6 Å². The molecule has 2 aliphatic heterocycles. The van der Waals surface area contributed by atoms with Crippen LogP contribution in [0.25, 0.3) is 0 Å². The molecule has 0 aliphatic carbocycles. The van der Waals surface area contributed by atoms with Gasteiger partial charge in [-0.25, -0.2) is 0 Å². The zero-order valence-electron chi connectivity index (χ0n) is 13.3. The minimum atomic E-state index is 0.739. The second-order valence-electron chi connectivity index (χ2n) is 6.35. The van der Waals surface area contributed by atoms with Crippen LogP contribution in [-0.2, 0) is 6.54 Å². The van der Waals surface area contributed by atoms with E-state index in [-0.39, 0.29) is 0 Å². The third kappa shape index (κ3) is 3.98. The van der Waals surface area contributed by atoms with E-state index in [0.717, 1.165) is 24.9 Å². The van der Waals surface area contributed by atoms with Crippen molar-refractivity contribution in [2.45, 2.75) is 45.2 Å².